The van der Waals surface area contributed by atoms with Crippen molar-refractivity contribution in [3.8, 4) is 11.3 Å². The molecule has 1 heterocycles. The Balaban J connectivity index is 2.03. The van der Waals surface area contributed by atoms with Gasteiger partial charge in [0.05, 0.1) is 0 Å². The summed E-state index contributed by atoms with van der Waals surface area (Å²) in [5, 5.41) is 0. The molecule has 0 atom stereocenters. The topological polar surface area (TPSA) is 69.9 Å². The van der Waals surface area contributed by atoms with Crippen molar-refractivity contribution in [1.82, 2.24) is 9.66 Å². The van der Waals surface area contributed by atoms with Crippen molar-refractivity contribution < 1.29 is 8.78 Å². The lowest BCUT2D eigenvalue weighted by atomic mass is 9.89. The first kappa shape index (κ1) is 13.9. The molecule has 2 aromatic rings. The maximum atomic E-state index is 13.4. The molecule has 6 heteroatoms. The molecule has 1 fully saturated rings. The van der Waals surface area contributed by atoms with Crippen LogP contribution < -0.4 is 11.6 Å². The molecule has 0 saturated heterocycles. The highest BCUT2D eigenvalue weighted by molar-refractivity contribution is 5.71. The average molecular weight is 292 g/mol. The summed E-state index contributed by atoms with van der Waals surface area (Å²) in [6, 6.07) is 3.25. The number of nitrogens with zero attached hydrogens (tertiary/aromatic N) is 2. The summed E-state index contributed by atoms with van der Waals surface area (Å²) >= 11 is 0. The molecule has 0 spiro atoms. The first-order valence-electron chi connectivity index (χ1n) is 7.16. The summed E-state index contributed by atoms with van der Waals surface area (Å²) in [6.45, 7) is 0. The van der Waals surface area contributed by atoms with Gasteiger partial charge in [0.15, 0.2) is 5.82 Å². The van der Waals surface area contributed by atoms with Gasteiger partial charge in [-0.1, -0.05) is 19.3 Å². The second-order valence-corrected chi connectivity index (χ2v) is 5.57. The molecule has 3 rings (SSSR count). The molecule has 0 aliphatic heterocycles. The van der Waals surface area contributed by atoms with Gasteiger partial charge in [-0.25, -0.2) is 18.4 Å². The molecule has 1 aliphatic carbocycles. The van der Waals surface area contributed by atoms with Crippen molar-refractivity contribution >= 4 is 5.82 Å². The van der Waals surface area contributed by atoms with Gasteiger partial charge in [0.1, 0.15) is 23.2 Å². The summed E-state index contributed by atoms with van der Waals surface area (Å²) in [4.78, 5) is 4.47. The largest absolute Gasteiger partial charge is 0.382 e. The highest BCUT2D eigenvalue weighted by Gasteiger charge is 2.24. The van der Waals surface area contributed by atoms with Crippen molar-refractivity contribution in [3.05, 3.63) is 35.7 Å². The van der Waals surface area contributed by atoms with Gasteiger partial charge in [-0.2, -0.15) is 0 Å². The van der Waals surface area contributed by atoms with E-state index in [4.69, 9.17) is 11.6 Å². The van der Waals surface area contributed by atoms with E-state index in [2.05, 4.69) is 4.98 Å². The molecule has 0 unspecified atom stereocenters. The third-order valence-corrected chi connectivity index (χ3v) is 4.08. The molecule has 21 heavy (non-hydrogen) atoms. The van der Waals surface area contributed by atoms with Crippen molar-refractivity contribution in [2.24, 2.45) is 0 Å². The fourth-order valence-corrected chi connectivity index (χ4v) is 3.01. The van der Waals surface area contributed by atoms with Crippen LogP contribution in [0.15, 0.2) is 18.2 Å². The van der Waals surface area contributed by atoms with Crippen LogP contribution in [0.3, 0.4) is 0 Å². The van der Waals surface area contributed by atoms with Crippen LogP contribution in [-0.4, -0.2) is 9.66 Å². The number of benzene rings is 1. The van der Waals surface area contributed by atoms with Crippen LogP contribution in [0.1, 0.15) is 43.8 Å². The van der Waals surface area contributed by atoms with Gasteiger partial charge in [-0.3, -0.25) is 0 Å². The van der Waals surface area contributed by atoms with E-state index in [0.29, 0.717) is 17.1 Å². The minimum atomic E-state index is -0.657. The predicted octanol–water partition coefficient (Wildman–Crippen LogP) is 3.17. The van der Waals surface area contributed by atoms with Gasteiger partial charge in [0.25, 0.3) is 0 Å². The van der Waals surface area contributed by atoms with E-state index in [1.165, 1.54) is 23.2 Å². The quantitative estimate of drug-likeness (QED) is 0.835. The normalized spacial score (nSPS) is 16.3. The lowest BCUT2D eigenvalue weighted by molar-refractivity contribution is 0.424. The van der Waals surface area contributed by atoms with Crippen LogP contribution in [0, 0.1) is 11.6 Å². The van der Waals surface area contributed by atoms with E-state index in [1.54, 1.807) is 0 Å². The summed E-state index contributed by atoms with van der Waals surface area (Å²) < 4.78 is 28.1. The highest BCUT2D eigenvalue weighted by Crippen LogP contribution is 2.35. The van der Waals surface area contributed by atoms with Crippen molar-refractivity contribution in [1.29, 1.82) is 0 Å². The van der Waals surface area contributed by atoms with Crippen LogP contribution in [0.4, 0.5) is 14.6 Å². The Labute approximate surface area is 121 Å². The number of rotatable bonds is 2. The van der Waals surface area contributed by atoms with Gasteiger partial charge in [0.2, 0.25) is 0 Å². The zero-order chi connectivity index (χ0) is 15.0. The number of halogens is 2. The molecule has 1 aromatic carbocycles. The maximum Gasteiger partial charge on any atom is 0.150 e. The fraction of sp³-hybridized carbons (Fsp3) is 0.400. The Bertz CT molecular complexity index is 640. The zero-order valence-electron chi connectivity index (χ0n) is 11.6. The minimum Gasteiger partial charge on any atom is -0.382 e. The van der Waals surface area contributed by atoms with Gasteiger partial charge >= 0.3 is 0 Å². The average Bonchev–Trinajstić information content (AvgIpc) is 2.75. The number of hydrogen-bond acceptors (Lipinski definition) is 3. The van der Waals surface area contributed by atoms with E-state index >= 15 is 0 Å². The van der Waals surface area contributed by atoms with Gasteiger partial charge in [0, 0.05) is 17.5 Å². The van der Waals surface area contributed by atoms with E-state index in [1.807, 2.05) is 0 Å². The fourth-order valence-electron chi connectivity index (χ4n) is 3.01. The number of aromatic nitrogens is 2. The Kier molecular flexibility index (Phi) is 3.53. The number of anilines is 1. The molecule has 4 N–H and O–H groups in total. The molecule has 1 saturated carbocycles. The second kappa shape index (κ2) is 5.35. The molecular weight excluding hydrogens is 274 g/mol. The van der Waals surface area contributed by atoms with Gasteiger partial charge in [-0.05, 0) is 25.0 Å². The maximum absolute atomic E-state index is 13.4. The van der Waals surface area contributed by atoms with Crippen molar-refractivity contribution in [2.45, 2.75) is 38.0 Å². The summed E-state index contributed by atoms with van der Waals surface area (Å²) in [5.74, 6) is 5.87. The van der Waals surface area contributed by atoms with Crippen LogP contribution in [-0.2, 0) is 0 Å². The van der Waals surface area contributed by atoms with Crippen LogP contribution in [0.25, 0.3) is 11.3 Å². The number of nitrogens with two attached hydrogens (primary N) is 2. The lowest BCUT2D eigenvalue weighted by Gasteiger charge is -2.20. The van der Waals surface area contributed by atoms with E-state index in [0.717, 1.165) is 31.7 Å². The summed E-state index contributed by atoms with van der Waals surface area (Å²) in [6.07, 6.45) is 5.54. The van der Waals surface area contributed by atoms with E-state index in [9.17, 15) is 8.78 Å². The van der Waals surface area contributed by atoms with Crippen molar-refractivity contribution in [3.63, 3.8) is 0 Å². The number of hydrogen-bond donors (Lipinski definition) is 2. The molecule has 4 nitrogen and oxygen atoms in total. The summed E-state index contributed by atoms with van der Waals surface area (Å²) in [5.41, 5.74) is 6.63. The molecule has 1 aliphatic rings. The monoisotopic (exact) mass is 292 g/mol. The third-order valence-electron chi connectivity index (χ3n) is 4.08. The van der Waals surface area contributed by atoms with Crippen molar-refractivity contribution in [2.75, 3.05) is 11.6 Å². The third kappa shape index (κ3) is 2.57. The Morgan fingerprint density at radius 2 is 1.67 bits per heavy atom. The van der Waals surface area contributed by atoms with E-state index in [-0.39, 0.29) is 11.7 Å². The molecule has 1 aromatic heterocycles. The molecule has 0 bridgehead atoms. The Morgan fingerprint density at radius 3 is 2.29 bits per heavy atom. The molecule has 0 amide bonds. The first-order valence-corrected chi connectivity index (χ1v) is 7.16. The van der Waals surface area contributed by atoms with Crippen LogP contribution in [0.5, 0.6) is 0 Å². The lowest BCUT2D eigenvalue weighted by Crippen LogP contribution is -2.19. The standard InChI is InChI=1S/C15H18F2N4/c16-11-6-10(7-12(17)8-11)13-14(18)21(19)15(20-13)9-4-2-1-3-5-9/h6-9H,1-5,18-19H2. The SMILES string of the molecule is Nc1c(-c2cc(F)cc(F)c2)nc(C2CCCCC2)n1N. The molecule has 0 radical (unpaired) electrons. The van der Waals surface area contributed by atoms with Gasteiger partial charge in [-0.15, -0.1) is 0 Å². The zero-order valence-corrected chi connectivity index (χ0v) is 11.6. The molecular formula is C15H18F2N4. The second-order valence-electron chi connectivity index (χ2n) is 5.57. The van der Waals surface area contributed by atoms with Crippen LogP contribution in [0.2, 0.25) is 0 Å². The number of nitrogen functional groups attached to an aromatic ring is 2. The number of imidazole rings is 1. The summed E-state index contributed by atoms with van der Waals surface area (Å²) in [7, 11) is 0. The minimum absolute atomic E-state index is 0.237. The van der Waals surface area contributed by atoms with Crippen LogP contribution >= 0.6 is 0 Å². The van der Waals surface area contributed by atoms with Gasteiger partial charge < -0.3 is 11.6 Å². The highest BCUT2D eigenvalue weighted by atomic mass is 19.1. The Morgan fingerprint density at radius 1 is 1.05 bits per heavy atom. The molecule has 112 valence electrons. The smallest absolute Gasteiger partial charge is 0.150 e. The Hall–Kier alpha value is -2.11. The van der Waals surface area contributed by atoms with E-state index < -0.39 is 11.6 Å². The first-order chi connectivity index (χ1) is 10.1. The predicted molar refractivity (Wildman–Crippen MR) is 78.0 cm³/mol.